The van der Waals surface area contributed by atoms with Gasteiger partial charge in [-0.15, -0.1) is 5.01 Å². The predicted molar refractivity (Wildman–Crippen MR) is 196 cm³/mol. The molecular formula is C40H49N3O8. The summed E-state index contributed by atoms with van der Waals surface area (Å²) in [6, 6.07) is 18.1. The lowest BCUT2D eigenvalue weighted by molar-refractivity contribution is -0.147. The molecular weight excluding hydrogens is 650 g/mol. The Balaban J connectivity index is 2.04. The van der Waals surface area contributed by atoms with Gasteiger partial charge in [-0.2, -0.15) is 0 Å². The van der Waals surface area contributed by atoms with Gasteiger partial charge in [0, 0.05) is 17.8 Å². The Morgan fingerprint density at radius 1 is 0.804 bits per heavy atom. The van der Waals surface area contributed by atoms with Crippen LogP contribution in [0, 0.1) is 6.92 Å². The van der Waals surface area contributed by atoms with Crippen molar-refractivity contribution in [3.05, 3.63) is 95.8 Å². The van der Waals surface area contributed by atoms with Gasteiger partial charge in [-0.3, -0.25) is 9.99 Å². The molecule has 3 aromatic carbocycles. The van der Waals surface area contributed by atoms with Gasteiger partial charge in [0.25, 0.3) is 0 Å². The first-order chi connectivity index (χ1) is 24.0. The summed E-state index contributed by atoms with van der Waals surface area (Å²) in [7, 11) is 0. The standard InChI is InChI=1S/C40H49N3O8/c1-11-47-34-21-29(18-20-33(34)49-26(2)3)35(36(44)48-25-28-15-13-12-14-16-28)42(31-19-17-30-24-41-23-27(4)32(30)22-31)43(37(45)50-39(5,6)7)38(46)51-40(8,9)10/h12-24,26,35H,11,25H2,1-10H3. The number of hydrazine groups is 1. The first-order valence-electron chi connectivity index (χ1n) is 17.0. The Morgan fingerprint density at radius 3 is 2.04 bits per heavy atom. The number of anilines is 1. The molecule has 0 fully saturated rings. The number of imide groups is 1. The molecule has 11 nitrogen and oxygen atoms in total. The number of fused-ring (bicyclic) bond motifs is 1. The smallest absolute Gasteiger partial charge is 0.439 e. The zero-order valence-electron chi connectivity index (χ0n) is 31.2. The quantitative estimate of drug-likeness (QED) is 0.0852. The van der Waals surface area contributed by atoms with Crippen molar-refractivity contribution in [1.82, 2.24) is 9.99 Å². The lowest BCUT2D eigenvalue weighted by Crippen LogP contribution is -2.56. The van der Waals surface area contributed by atoms with Crippen LogP contribution < -0.4 is 14.5 Å². The molecule has 11 heteroatoms. The highest BCUT2D eigenvalue weighted by molar-refractivity contribution is 5.95. The molecule has 0 radical (unpaired) electrons. The van der Waals surface area contributed by atoms with E-state index in [-0.39, 0.29) is 12.7 Å². The van der Waals surface area contributed by atoms with E-state index in [4.69, 9.17) is 23.7 Å². The number of pyridine rings is 1. The number of carbonyl (C=O) groups excluding carboxylic acids is 3. The van der Waals surface area contributed by atoms with Crippen LogP contribution in [0.25, 0.3) is 10.8 Å². The van der Waals surface area contributed by atoms with Crippen molar-refractivity contribution in [2.75, 3.05) is 11.6 Å². The summed E-state index contributed by atoms with van der Waals surface area (Å²) in [4.78, 5) is 47.5. The summed E-state index contributed by atoms with van der Waals surface area (Å²) in [5.74, 6) is 0.0667. The van der Waals surface area contributed by atoms with Crippen molar-refractivity contribution in [1.29, 1.82) is 0 Å². The fraction of sp³-hybridized carbons (Fsp3) is 0.400. The Kier molecular flexibility index (Phi) is 12.2. The minimum Gasteiger partial charge on any atom is -0.490 e. The van der Waals surface area contributed by atoms with Gasteiger partial charge in [-0.1, -0.05) is 42.5 Å². The lowest BCUT2D eigenvalue weighted by atomic mass is 10.0. The third-order valence-electron chi connectivity index (χ3n) is 7.19. The van der Waals surface area contributed by atoms with E-state index in [0.29, 0.717) is 29.4 Å². The molecule has 0 aliphatic heterocycles. The van der Waals surface area contributed by atoms with E-state index in [9.17, 15) is 14.4 Å². The fourth-order valence-corrected chi connectivity index (χ4v) is 5.18. The van der Waals surface area contributed by atoms with Crippen LogP contribution in [0.4, 0.5) is 15.3 Å². The molecule has 0 bridgehead atoms. The van der Waals surface area contributed by atoms with Gasteiger partial charge in [-0.25, -0.2) is 14.4 Å². The average Bonchev–Trinajstić information content (AvgIpc) is 3.03. The van der Waals surface area contributed by atoms with Crippen molar-refractivity contribution >= 4 is 34.6 Å². The number of esters is 1. The number of amides is 2. The number of nitrogens with zero attached hydrogens (tertiary/aromatic N) is 3. The molecule has 2 amide bonds. The second-order valence-electron chi connectivity index (χ2n) is 14.3. The number of aryl methyl sites for hydroxylation is 1. The molecule has 4 rings (SSSR count). The molecule has 1 heterocycles. The molecule has 0 spiro atoms. The summed E-state index contributed by atoms with van der Waals surface area (Å²) >= 11 is 0. The Hall–Kier alpha value is -5.32. The Bertz CT molecular complexity index is 1800. The lowest BCUT2D eigenvalue weighted by Gasteiger charge is -2.40. The third-order valence-corrected chi connectivity index (χ3v) is 7.19. The minimum atomic E-state index is -1.44. The first-order valence-corrected chi connectivity index (χ1v) is 17.0. The zero-order valence-corrected chi connectivity index (χ0v) is 31.2. The zero-order chi connectivity index (χ0) is 37.5. The number of hydrogen-bond donors (Lipinski definition) is 0. The van der Waals surface area contributed by atoms with Crippen LogP contribution in [0.5, 0.6) is 11.5 Å². The van der Waals surface area contributed by atoms with Gasteiger partial charge in [-0.05, 0) is 116 Å². The van der Waals surface area contributed by atoms with E-state index in [1.54, 1.807) is 90.3 Å². The van der Waals surface area contributed by atoms with Crippen molar-refractivity contribution in [2.24, 2.45) is 0 Å². The van der Waals surface area contributed by atoms with Gasteiger partial charge in [0.2, 0.25) is 0 Å². The van der Waals surface area contributed by atoms with Crippen LogP contribution in [0.15, 0.2) is 79.1 Å². The van der Waals surface area contributed by atoms with Crippen LogP contribution in [0.3, 0.4) is 0 Å². The van der Waals surface area contributed by atoms with Crippen LogP contribution in [-0.2, 0) is 25.6 Å². The van der Waals surface area contributed by atoms with Crippen LogP contribution in [0.1, 0.15) is 85.0 Å². The molecule has 0 saturated heterocycles. The maximum absolute atomic E-state index is 14.6. The van der Waals surface area contributed by atoms with Gasteiger partial charge in [0.1, 0.15) is 17.8 Å². The summed E-state index contributed by atoms with van der Waals surface area (Å²) in [6.07, 6.45) is 1.14. The fourth-order valence-electron chi connectivity index (χ4n) is 5.18. The van der Waals surface area contributed by atoms with Crippen molar-refractivity contribution in [2.45, 2.75) is 99.2 Å². The highest BCUT2D eigenvalue weighted by Crippen LogP contribution is 2.38. The molecule has 1 atom stereocenters. The predicted octanol–water partition coefficient (Wildman–Crippen LogP) is 9.11. The molecule has 0 aliphatic carbocycles. The maximum Gasteiger partial charge on any atom is 0.439 e. The molecule has 0 N–H and O–H groups in total. The normalized spacial score (nSPS) is 12.2. The molecule has 0 aliphatic rings. The molecule has 4 aromatic rings. The summed E-state index contributed by atoms with van der Waals surface area (Å²) in [5, 5.41) is 3.59. The highest BCUT2D eigenvalue weighted by Gasteiger charge is 2.43. The summed E-state index contributed by atoms with van der Waals surface area (Å²) in [5.41, 5.74) is 0.197. The van der Waals surface area contributed by atoms with Crippen LogP contribution in [0.2, 0.25) is 0 Å². The average molecular weight is 700 g/mol. The van der Waals surface area contributed by atoms with E-state index in [1.165, 1.54) is 5.01 Å². The second kappa shape index (κ2) is 16.1. The van der Waals surface area contributed by atoms with Crippen molar-refractivity contribution in [3.63, 3.8) is 0 Å². The Labute approximate surface area is 300 Å². The molecule has 1 aromatic heterocycles. The number of benzene rings is 3. The van der Waals surface area contributed by atoms with Crippen LogP contribution >= 0.6 is 0 Å². The third kappa shape index (κ3) is 10.3. The summed E-state index contributed by atoms with van der Waals surface area (Å²) < 4.78 is 29.6. The van der Waals surface area contributed by atoms with E-state index in [0.717, 1.165) is 26.9 Å². The van der Waals surface area contributed by atoms with E-state index in [1.807, 2.05) is 58.0 Å². The SMILES string of the molecule is CCOc1cc(C(C(=O)OCc2ccccc2)N(c2ccc3cncc(C)c3c2)N(C(=O)OC(C)(C)C)C(=O)OC(C)(C)C)ccc1OC(C)C. The number of rotatable bonds is 11. The maximum atomic E-state index is 14.6. The molecule has 51 heavy (non-hydrogen) atoms. The molecule has 0 saturated carbocycles. The molecule has 272 valence electrons. The topological polar surface area (TPSA) is 117 Å². The Morgan fingerprint density at radius 2 is 1.45 bits per heavy atom. The monoisotopic (exact) mass is 699 g/mol. The van der Waals surface area contributed by atoms with Gasteiger partial charge in [0.15, 0.2) is 17.5 Å². The van der Waals surface area contributed by atoms with Crippen molar-refractivity contribution in [3.8, 4) is 11.5 Å². The number of carbonyl (C=O) groups is 3. The highest BCUT2D eigenvalue weighted by atomic mass is 16.6. The first kappa shape index (κ1) is 38.5. The summed E-state index contributed by atoms with van der Waals surface area (Å²) in [6.45, 7) is 17.9. The van der Waals surface area contributed by atoms with E-state index >= 15 is 0 Å². The van der Waals surface area contributed by atoms with E-state index < -0.39 is 35.4 Å². The number of hydrogen-bond acceptors (Lipinski definition) is 10. The van der Waals surface area contributed by atoms with Crippen molar-refractivity contribution < 1.29 is 38.1 Å². The van der Waals surface area contributed by atoms with E-state index in [2.05, 4.69) is 4.98 Å². The van der Waals surface area contributed by atoms with Crippen LogP contribution in [-0.4, -0.2) is 52.1 Å². The molecule has 1 unspecified atom stereocenters. The number of ether oxygens (including phenoxy) is 5. The van der Waals surface area contributed by atoms with Gasteiger partial charge < -0.3 is 23.7 Å². The number of aromatic nitrogens is 1. The largest absolute Gasteiger partial charge is 0.490 e. The second-order valence-corrected chi connectivity index (χ2v) is 14.3. The van der Waals surface area contributed by atoms with Gasteiger partial charge >= 0.3 is 18.2 Å². The van der Waals surface area contributed by atoms with Gasteiger partial charge in [0.05, 0.1) is 18.4 Å². The minimum absolute atomic E-state index is 0.0712.